The maximum atomic E-state index is 12.5. The van der Waals surface area contributed by atoms with Crippen LogP contribution in [0.15, 0.2) is 12.1 Å². The summed E-state index contributed by atoms with van der Waals surface area (Å²) in [6.07, 6.45) is -0.928. The molecule has 1 amide bonds. The number of Topliss-reactive ketones (excluding diaryl/α,β-unsaturated/α-hetero) is 2. The molecule has 0 saturated heterocycles. The number of hydrogen-bond donors (Lipinski definition) is 0. The van der Waals surface area contributed by atoms with Crippen LogP contribution in [0.4, 0.5) is 10.5 Å². The zero-order valence-electron chi connectivity index (χ0n) is 13.5. The van der Waals surface area contributed by atoms with Crippen molar-refractivity contribution in [3.05, 3.63) is 27.7 Å². The third-order valence-electron chi connectivity index (χ3n) is 3.33. The van der Waals surface area contributed by atoms with E-state index in [1.54, 1.807) is 20.8 Å². The monoisotopic (exact) mass is 359 g/mol. The summed E-state index contributed by atoms with van der Waals surface area (Å²) in [5, 5.41) is 0.275. The quantitative estimate of drug-likeness (QED) is 0.558. The van der Waals surface area contributed by atoms with Gasteiger partial charge in [-0.1, -0.05) is 37.0 Å². The van der Waals surface area contributed by atoms with Crippen molar-refractivity contribution in [2.75, 3.05) is 18.6 Å². The highest BCUT2D eigenvalue weighted by atomic mass is 35.5. The standard InChI is InChI=1S/C16H19Cl2NO4/c1-5-19(16(22)23-4)15-10(6-7-11(17)14(15)18)13(21)8-12(20)9(2)3/h6-7,9H,5,8H2,1-4H3. The number of anilines is 1. The zero-order chi connectivity index (χ0) is 17.7. The molecular formula is C16H19Cl2NO4. The molecule has 1 aromatic rings. The third kappa shape index (κ3) is 4.45. The van der Waals surface area contributed by atoms with Crippen molar-refractivity contribution in [1.82, 2.24) is 0 Å². The molecule has 126 valence electrons. The first-order chi connectivity index (χ1) is 10.7. The second-order valence-corrected chi connectivity index (χ2v) is 5.98. The van der Waals surface area contributed by atoms with Crippen LogP contribution >= 0.6 is 23.2 Å². The molecule has 0 aliphatic carbocycles. The van der Waals surface area contributed by atoms with Crippen LogP contribution < -0.4 is 4.90 Å². The van der Waals surface area contributed by atoms with Gasteiger partial charge in [0.25, 0.3) is 0 Å². The number of carbonyl (C=O) groups is 3. The Kier molecular flexibility index (Phi) is 7.03. The Balaban J connectivity index is 3.38. The van der Waals surface area contributed by atoms with E-state index in [1.165, 1.54) is 24.1 Å². The van der Waals surface area contributed by atoms with Crippen molar-refractivity contribution < 1.29 is 19.1 Å². The first kappa shape index (κ1) is 19.5. The molecule has 1 aromatic carbocycles. The van der Waals surface area contributed by atoms with Gasteiger partial charge in [-0.3, -0.25) is 14.5 Å². The highest BCUT2D eigenvalue weighted by Crippen LogP contribution is 2.37. The molecule has 0 aromatic heterocycles. The molecule has 0 spiro atoms. The van der Waals surface area contributed by atoms with Crippen molar-refractivity contribution in [2.45, 2.75) is 27.2 Å². The van der Waals surface area contributed by atoms with Crippen molar-refractivity contribution in [3.63, 3.8) is 0 Å². The number of nitrogens with zero attached hydrogens (tertiary/aromatic N) is 1. The van der Waals surface area contributed by atoms with E-state index in [9.17, 15) is 14.4 Å². The van der Waals surface area contributed by atoms with Crippen LogP contribution in [0.3, 0.4) is 0 Å². The summed E-state index contributed by atoms with van der Waals surface area (Å²) in [5.41, 5.74) is 0.329. The van der Waals surface area contributed by atoms with E-state index in [0.717, 1.165) is 0 Å². The average molecular weight is 360 g/mol. The Morgan fingerprint density at radius 1 is 1.22 bits per heavy atom. The lowest BCUT2D eigenvalue weighted by molar-refractivity contribution is -0.121. The summed E-state index contributed by atoms with van der Waals surface area (Å²) in [4.78, 5) is 37.5. The fourth-order valence-electron chi connectivity index (χ4n) is 1.98. The molecule has 0 saturated carbocycles. The van der Waals surface area contributed by atoms with Gasteiger partial charge in [-0.05, 0) is 19.1 Å². The smallest absolute Gasteiger partial charge is 0.414 e. The number of carbonyl (C=O) groups excluding carboxylic acids is 3. The molecule has 0 bridgehead atoms. The van der Waals surface area contributed by atoms with Crippen LogP contribution in [0.1, 0.15) is 37.6 Å². The lowest BCUT2D eigenvalue weighted by Crippen LogP contribution is -2.32. The van der Waals surface area contributed by atoms with Gasteiger partial charge in [-0.15, -0.1) is 0 Å². The molecule has 0 unspecified atom stereocenters. The fraction of sp³-hybridized carbons (Fsp3) is 0.438. The summed E-state index contributed by atoms with van der Waals surface area (Å²) in [5.74, 6) is -0.860. The van der Waals surface area contributed by atoms with Gasteiger partial charge >= 0.3 is 6.09 Å². The number of amides is 1. The lowest BCUT2D eigenvalue weighted by Gasteiger charge is -2.23. The van der Waals surface area contributed by atoms with Gasteiger partial charge in [0.2, 0.25) is 0 Å². The molecule has 0 N–H and O–H groups in total. The number of ether oxygens (including phenoxy) is 1. The maximum absolute atomic E-state index is 12.5. The van der Waals surface area contributed by atoms with E-state index in [2.05, 4.69) is 0 Å². The molecule has 0 radical (unpaired) electrons. The number of methoxy groups -OCH3 is 1. The first-order valence-electron chi connectivity index (χ1n) is 7.13. The maximum Gasteiger partial charge on any atom is 0.414 e. The van der Waals surface area contributed by atoms with Gasteiger partial charge < -0.3 is 4.74 Å². The Morgan fingerprint density at radius 3 is 2.30 bits per heavy atom. The van der Waals surface area contributed by atoms with E-state index in [4.69, 9.17) is 27.9 Å². The molecule has 0 aliphatic heterocycles. The van der Waals surface area contributed by atoms with E-state index in [0.29, 0.717) is 0 Å². The fourth-order valence-corrected chi connectivity index (χ4v) is 2.39. The number of rotatable bonds is 6. The van der Waals surface area contributed by atoms with E-state index < -0.39 is 11.9 Å². The second kappa shape index (κ2) is 8.31. The van der Waals surface area contributed by atoms with Crippen LogP contribution in [0, 0.1) is 5.92 Å². The van der Waals surface area contributed by atoms with Crippen molar-refractivity contribution >= 4 is 46.5 Å². The van der Waals surface area contributed by atoms with Crippen LogP contribution in [-0.4, -0.2) is 31.3 Å². The molecular weight excluding hydrogens is 341 g/mol. The molecule has 0 fully saturated rings. The highest BCUT2D eigenvalue weighted by molar-refractivity contribution is 6.44. The SMILES string of the molecule is CCN(C(=O)OC)c1c(C(=O)CC(=O)C(C)C)ccc(Cl)c1Cl. The predicted molar refractivity (Wildman–Crippen MR) is 90.7 cm³/mol. The van der Waals surface area contributed by atoms with E-state index in [1.807, 2.05) is 0 Å². The normalized spacial score (nSPS) is 10.6. The third-order valence-corrected chi connectivity index (χ3v) is 4.12. The molecule has 5 nitrogen and oxygen atoms in total. The molecule has 7 heteroatoms. The van der Waals surface area contributed by atoms with Crippen molar-refractivity contribution in [3.8, 4) is 0 Å². The Morgan fingerprint density at radius 2 is 1.83 bits per heavy atom. The van der Waals surface area contributed by atoms with Gasteiger partial charge in [0, 0.05) is 18.0 Å². The topological polar surface area (TPSA) is 63.7 Å². The largest absolute Gasteiger partial charge is 0.452 e. The average Bonchev–Trinajstić information content (AvgIpc) is 2.51. The first-order valence-corrected chi connectivity index (χ1v) is 7.89. The minimum Gasteiger partial charge on any atom is -0.452 e. The molecule has 0 heterocycles. The highest BCUT2D eigenvalue weighted by Gasteiger charge is 2.26. The Labute approximate surface area is 145 Å². The van der Waals surface area contributed by atoms with E-state index >= 15 is 0 Å². The minimum absolute atomic E-state index is 0.0711. The molecule has 23 heavy (non-hydrogen) atoms. The van der Waals surface area contributed by atoms with Crippen LogP contribution in [0.5, 0.6) is 0 Å². The Bertz CT molecular complexity index is 629. The minimum atomic E-state index is -0.666. The van der Waals surface area contributed by atoms with E-state index in [-0.39, 0.29) is 46.0 Å². The predicted octanol–water partition coefficient (Wildman–Crippen LogP) is 4.38. The van der Waals surface area contributed by atoms with Crippen LogP contribution in [-0.2, 0) is 9.53 Å². The molecule has 0 aliphatic rings. The van der Waals surface area contributed by atoms with Crippen LogP contribution in [0.2, 0.25) is 10.0 Å². The summed E-state index contributed by atoms with van der Waals surface area (Å²) in [6, 6.07) is 2.93. The van der Waals surface area contributed by atoms with Crippen LogP contribution in [0.25, 0.3) is 0 Å². The summed E-state index contributed by atoms with van der Waals surface area (Å²) >= 11 is 12.2. The zero-order valence-corrected chi connectivity index (χ0v) is 15.0. The van der Waals surface area contributed by atoms with Crippen molar-refractivity contribution in [1.29, 1.82) is 0 Å². The molecule has 0 atom stereocenters. The second-order valence-electron chi connectivity index (χ2n) is 5.19. The molecule has 1 rings (SSSR count). The van der Waals surface area contributed by atoms with Crippen molar-refractivity contribution in [2.24, 2.45) is 5.92 Å². The van der Waals surface area contributed by atoms with Gasteiger partial charge in [-0.2, -0.15) is 0 Å². The summed E-state index contributed by atoms with van der Waals surface area (Å²) in [6.45, 7) is 5.38. The number of benzene rings is 1. The number of hydrogen-bond acceptors (Lipinski definition) is 4. The number of halogens is 2. The number of ketones is 2. The Hall–Kier alpha value is -1.59. The van der Waals surface area contributed by atoms with Gasteiger partial charge in [0.1, 0.15) is 5.78 Å². The van der Waals surface area contributed by atoms with Gasteiger partial charge in [-0.25, -0.2) is 4.79 Å². The summed E-state index contributed by atoms with van der Waals surface area (Å²) in [7, 11) is 1.23. The lowest BCUT2D eigenvalue weighted by atomic mass is 9.98. The van der Waals surface area contributed by atoms with Gasteiger partial charge in [0.15, 0.2) is 5.78 Å². The van der Waals surface area contributed by atoms with Gasteiger partial charge in [0.05, 0.1) is 29.3 Å². The summed E-state index contributed by atoms with van der Waals surface area (Å²) < 4.78 is 4.71.